The van der Waals surface area contributed by atoms with E-state index in [4.69, 9.17) is 0 Å². The van der Waals surface area contributed by atoms with Crippen molar-refractivity contribution in [3.05, 3.63) is 35.9 Å². The van der Waals surface area contributed by atoms with Crippen LogP contribution in [0.15, 0.2) is 30.3 Å². The van der Waals surface area contributed by atoms with Crippen molar-refractivity contribution in [1.82, 2.24) is 14.1 Å². The van der Waals surface area contributed by atoms with Crippen molar-refractivity contribution < 1.29 is 18.0 Å². The SMILES string of the molecule is CN1CC(S(=O)(=O)N2CCC(Cc3ccccc3)CC2)C(=O)N(C)C1=O. The summed E-state index contributed by atoms with van der Waals surface area (Å²) in [5.74, 6) is -0.197. The van der Waals surface area contributed by atoms with Gasteiger partial charge in [-0.3, -0.25) is 9.69 Å². The normalized spacial score (nSPS) is 23.5. The van der Waals surface area contributed by atoms with Gasteiger partial charge in [0, 0.05) is 33.7 Å². The molecule has 2 aliphatic heterocycles. The fraction of sp³-hybridized carbons (Fsp3) is 0.556. The summed E-state index contributed by atoms with van der Waals surface area (Å²) in [4.78, 5) is 26.4. The number of nitrogens with zero attached hydrogens (tertiary/aromatic N) is 3. The molecule has 0 aliphatic carbocycles. The van der Waals surface area contributed by atoms with E-state index in [1.54, 1.807) is 0 Å². The Morgan fingerprint density at radius 3 is 2.27 bits per heavy atom. The van der Waals surface area contributed by atoms with Crippen molar-refractivity contribution in [1.29, 1.82) is 0 Å². The van der Waals surface area contributed by atoms with Crippen LogP contribution in [0.3, 0.4) is 0 Å². The highest BCUT2D eigenvalue weighted by molar-refractivity contribution is 7.90. The molecule has 0 bridgehead atoms. The van der Waals surface area contributed by atoms with Gasteiger partial charge in [-0.15, -0.1) is 0 Å². The summed E-state index contributed by atoms with van der Waals surface area (Å²) in [6, 6.07) is 9.72. The summed E-state index contributed by atoms with van der Waals surface area (Å²) in [5.41, 5.74) is 1.26. The predicted octanol–water partition coefficient (Wildman–Crippen LogP) is 1.16. The lowest BCUT2D eigenvalue weighted by Gasteiger charge is -2.38. The van der Waals surface area contributed by atoms with E-state index in [0.29, 0.717) is 19.0 Å². The highest BCUT2D eigenvalue weighted by Crippen LogP contribution is 2.26. The molecule has 2 aliphatic rings. The maximum absolute atomic E-state index is 13.0. The van der Waals surface area contributed by atoms with Crippen molar-refractivity contribution >= 4 is 22.0 Å². The summed E-state index contributed by atoms with van der Waals surface area (Å²) in [6.45, 7) is 0.754. The molecular formula is C18H25N3O4S. The third kappa shape index (κ3) is 3.61. The van der Waals surface area contributed by atoms with E-state index >= 15 is 0 Å². The summed E-state index contributed by atoms with van der Waals surface area (Å²) in [7, 11) is -0.929. The first kappa shape index (κ1) is 18.8. The van der Waals surface area contributed by atoms with Crippen LogP contribution in [0.25, 0.3) is 0 Å². The zero-order valence-electron chi connectivity index (χ0n) is 15.2. The van der Waals surface area contributed by atoms with Crippen molar-refractivity contribution in [2.24, 2.45) is 5.92 Å². The van der Waals surface area contributed by atoms with E-state index in [1.165, 1.54) is 28.9 Å². The molecule has 2 heterocycles. The molecule has 8 heteroatoms. The van der Waals surface area contributed by atoms with Crippen LogP contribution < -0.4 is 0 Å². The molecule has 3 rings (SSSR count). The first-order valence-electron chi connectivity index (χ1n) is 8.86. The van der Waals surface area contributed by atoms with Gasteiger partial charge in [0.1, 0.15) is 0 Å². The van der Waals surface area contributed by atoms with E-state index in [-0.39, 0.29) is 6.54 Å². The summed E-state index contributed by atoms with van der Waals surface area (Å²) >= 11 is 0. The fourth-order valence-electron chi connectivity index (χ4n) is 3.69. The van der Waals surface area contributed by atoms with E-state index in [1.807, 2.05) is 18.2 Å². The molecule has 1 aromatic carbocycles. The van der Waals surface area contributed by atoms with Crippen LogP contribution in [0.2, 0.25) is 0 Å². The van der Waals surface area contributed by atoms with Crippen molar-refractivity contribution in [2.75, 3.05) is 33.7 Å². The molecule has 0 aromatic heterocycles. The Morgan fingerprint density at radius 1 is 1.04 bits per heavy atom. The van der Waals surface area contributed by atoms with Gasteiger partial charge in [0.25, 0.3) is 5.91 Å². The molecule has 0 radical (unpaired) electrons. The smallest absolute Gasteiger partial charge is 0.325 e. The fourth-order valence-corrected chi connectivity index (χ4v) is 5.59. The Balaban J connectivity index is 1.64. The third-order valence-electron chi connectivity index (χ3n) is 5.32. The lowest BCUT2D eigenvalue weighted by Crippen LogP contribution is -2.61. The second kappa shape index (κ2) is 7.36. The number of piperidine rings is 1. The van der Waals surface area contributed by atoms with Gasteiger partial charge in [-0.25, -0.2) is 17.5 Å². The van der Waals surface area contributed by atoms with Crippen molar-refractivity contribution in [2.45, 2.75) is 24.5 Å². The van der Waals surface area contributed by atoms with Gasteiger partial charge in [0.2, 0.25) is 10.0 Å². The lowest BCUT2D eigenvalue weighted by atomic mass is 9.91. The number of benzene rings is 1. The van der Waals surface area contributed by atoms with Gasteiger partial charge in [-0.05, 0) is 30.7 Å². The average Bonchev–Trinajstić information content (AvgIpc) is 2.64. The van der Waals surface area contributed by atoms with Crippen LogP contribution in [0.4, 0.5) is 4.79 Å². The first-order chi connectivity index (χ1) is 12.3. The first-order valence-corrected chi connectivity index (χ1v) is 10.4. The van der Waals surface area contributed by atoms with Crippen LogP contribution in [0.5, 0.6) is 0 Å². The second-order valence-electron chi connectivity index (χ2n) is 7.13. The number of sulfonamides is 1. The Morgan fingerprint density at radius 2 is 1.65 bits per heavy atom. The minimum atomic E-state index is -3.77. The van der Waals surface area contributed by atoms with Gasteiger partial charge >= 0.3 is 6.03 Å². The van der Waals surface area contributed by atoms with E-state index in [9.17, 15) is 18.0 Å². The third-order valence-corrected chi connectivity index (χ3v) is 7.47. The number of carbonyl (C=O) groups is 2. The Kier molecular flexibility index (Phi) is 5.34. The minimum absolute atomic E-state index is 0.0890. The summed E-state index contributed by atoms with van der Waals surface area (Å²) in [6.07, 6.45) is 2.50. The van der Waals surface area contributed by atoms with Gasteiger partial charge in [-0.1, -0.05) is 30.3 Å². The minimum Gasteiger partial charge on any atom is -0.325 e. The summed E-state index contributed by atoms with van der Waals surface area (Å²) in [5, 5.41) is -1.21. The van der Waals surface area contributed by atoms with Gasteiger partial charge in [0.05, 0.1) is 0 Å². The molecule has 1 unspecified atom stereocenters. The van der Waals surface area contributed by atoms with Crippen molar-refractivity contribution in [3.8, 4) is 0 Å². The molecule has 3 amide bonds. The second-order valence-corrected chi connectivity index (χ2v) is 9.24. The molecule has 1 aromatic rings. The number of hydrogen-bond acceptors (Lipinski definition) is 4. The maximum Gasteiger partial charge on any atom is 0.326 e. The molecule has 26 heavy (non-hydrogen) atoms. The molecule has 7 nitrogen and oxygen atoms in total. The van der Waals surface area contributed by atoms with Crippen LogP contribution in [-0.4, -0.2) is 73.4 Å². The van der Waals surface area contributed by atoms with Crippen LogP contribution in [0.1, 0.15) is 18.4 Å². The number of rotatable bonds is 4. The number of urea groups is 1. The molecule has 142 valence electrons. The molecule has 0 spiro atoms. The number of carbonyl (C=O) groups excluding carboxylic acids is 2. The Hall–Kier alpha value is -1.93. The van der Waals surface area contributed by atoms with E-state index in [0.717, 1.165) is 24.2 Å². The number of hydrogen-bond donors (Lipinski definition) is 0. The zero-order valence-corrected chi connectivity index (χ0v) is 16.0. The average molecular weight is 379 g/mol. The monoisotopic (exact) mass is 379 g/mol. The number of imide groups is 1. The predicted molar refractivity (Wildman–Crippen MR) is 97.9 cm³/mol. The maximum atomic E-state index is 13.0. The van der Waals surface area contributed by atoms with Gasteiger partial charge in [0.15, 0.2) is 5.25 Å². The van der Waals surface area contributed by atoms with E-state index in [2.05, 4.69) is 12.1 Å². The molecule has 1 atom stereocenters. The van der Waals surface area contributed by atoms with Gasteiger partial charge < -0.3 is 4.90 Å². The zero-order chi connectivity index (χ0) is 18.9. The molecule has 0 saturated carbocycles. The van der Waals surface area contributed by atoms with Crippen LogP contribution in [0, 0.1) is 5.92 Å². The topological polar surface area (TPSA) is 78.0 Å². The molecular weight excluding hydrogens is 354 g/mol. The molecule has 0 N–H and O–H groups in total. The Labute approximate surface area is 154 Å². The standard InChI is InChI=1S/C18H25N3O4S/c1-19-13-16(17(22)20(2)18(19)23)26(24,25)21-10-8-15(9-11-21)12-14-6-4-3-5-7-14/h3-7,15-16H,8-13H2,1-2H3. The Bertz CT molecular complexity index is 773. The number of amides is 3. The quantitative estimate of drug-likeness (QED) is 0.787. The van der Waals surface area contributed by atoms with Gasteiger partial charge in [-0.2, -0.15) is 0 Å². The molecule has 2 fully saturated rings. The van der Waals surface area contributed by atoms with Crippen LogP contribution in [-0.2, 0) is 21.2 Å². The highest BCUT2D eigenvalue weighted by Gasteiger charge is 2.46. The van der Waals surface area contributed by atoms with Crippen LogP contribution >= 0.6 is 0 Å². The largest absolute Gasteiger partial charge is 0.326 e. The van der Waals surface area contributed by atoms with E-state index < -0.39 is 27.2 Å². The molecule has 2 saturated heterocycles. The lowest BCUT2D eigenvalue weighted by molar-refractivity contribution is -0.129. The highest BCUT2D eigenvalue weighted by atomic mass is 32.2. The summed E-state index contributed by atoms with van der Waals surface area (Å²) < 4.78 is 27.3. The van der Waals surface area contributed by atoms with Crippen molar-refractivity contribution in [3.63, 3.8) is 0 Å².